The highest BCUT2D eigenvalue weighted by atomic mass is 16.5. The number of nitrogens with zero attached hydrogens (tertiary/aromatic N) is 5. The zero-order valence-electron chi connectivity index (χ0n) is 25.7. The molecule has 2 fully saturated rings. The fourth-order valence-electron chi connectivity index (χ4n) is 6.65. The molecule has 1 amide bonds. The maximum Gasteiger partial charge on any atom is 0.232 e. The molecule has 7 heteroatoms. The zero-order valence-corrected chi connectivity index (χ0v) is 25.7. The summed E-state index contributed by atoms with van der Waals surface area (Å²) >= 11 is 0. The van der Waals surface area contributed by atoms with Crippen LogP contribution >= 0.6 is 0 Å². The highest BCUT2D eigenvalue weighted by molar-refractivity contribution is 5.88. The van der Waals surface area contributed by atoms with Gasteiger partial charge in [0.2, 0.25) is 5.91 Å². The summed E-state index contributed by atoms with van der Waals surface area (Å²) in [7, 11) is 1.91. The molecule has 3 heterocycles. The zero-order chi connectivity index (χ0) is 29.7. The molecule has 0 N–H and O–H groups in total. The van der Waals surface area contributed by atoms with Crippen LogP contribution < -0.4 is 4.74 Å². The molecule has 2 saturated heterocycles. The van der Waals surface area contributed by atoms with Crippen LogP contribution in [0.5, 0.6) is 11.5 Å². The molecule has 42 heavy (non-hydrogen) atoms. The van der Waals surface area contributed by atoms with Crippen molar-refractivity contribution in [2.75, 3.05) is 33.2 Å². The predicted octanol–water partition coefficient (Wildman–Crippen LogP) is 6.47. The van der Waals surface area contributed by atoms with Crippen LogP contribution in [0.15, 0.2) is 48.7 Å². The van der Waals surface area contributed by atoms with E-state index < -0.39 is 5.41 Å². The number of ether oxygens (including phenoxy) is 1. The molecule has 7 nitrogen and oxygen atoms in total. The van der Waals surface area contributed by atoms with Gasteiger partial charge in [0, 0.05) is 45.0 Å². The number of aromatic nitrogens is 2. The number of hydrogen-bond acceptors (Lipinski definition) is 5. The number of likely N-dealkylation sites (N-methyl/N-ethyl adjacent to an activating group) is 1. The van der Waals surface area contributed by atoms with Crippen LogP contribution in [0.1, 0.15) is 80.6 Å². The number of likely N-dealkylation sites (tertiary alicyclic amines) is 2. The Balaban J connectivity index is 1.35. The van der Waals surface area contributed by atoms with E-state index >= 15 is 0 Å². The average molecular weight is 568 g/mol. The molecule has 5 rings (SSSR count). The third-order valence-electron chi connectivity index (χ3n) is 9.53. The Morgan fingerprint density at radius 2 is 1.93 bits per heavy atom. The number of carbonyl (C=O) groups excluding carboxylic acids is 1. The van der Waals surface area contributed by atoms with E-state index in [4.69, 9.17) is 4.74 Å². The molecule has 0 radical (unpaired) electrons. The molecule has 2 aliphatic rings. The first-order chi connectivity index (χ1) is 20.3. The predicted molar refractivity (Wildman–Crippen MR) is 166 cm³/mol. The van der Waals surface area contributed by atoms with Crippen molar-refractivity contribution in [1.82, 2.24) is 19.4 Å². The molecular weight excluding hydrogens is 522 g/mol. The van der Waals surface area contributed by atoms with Gasteiger partial charge in [0.15, 0.2) is 0 Å². The molecule has 0 saturated carbocycles. The van der Waals surface area contributed by atoms with Gasteiger partial charge >= 0.3 is 0 Å². The first-order valence-electron chi connectivity index (χ1n) is 15.6. The SMILES string of the molecule is CCC1(c2cccc(Oc3cc(Cn4c(CCN5CCC(C)CC5)cnc4C)ccc3C#N)c2)CCCCN(C)C1=O. The van der Waals surface area contributed by atoms with Crippen LogP contribution in [0.2, 0.25) is 0 Å². The van der Waals surface area contributed by atoms with Crippen LogP contribution in [-0.2, 0) is 23.2 Å². The Morgan fingerprint density at radius 3 is 2.69 bits per heavy atom. The van der Waals surface area contributed by atoms with Gasteiger partial charge in [0.1, 0.15) is 23.4 Å². The second kappa shape index (κ2) is 13.1. The first-order valence-corrected chi connectivity index (χ1v) is 15.6. The number of aryl methyl sites for hydroxylation is 1. The van der Waals surface area contributed by atoms with Crippen LogP contribution in [-0.4, -0.2) is 58.5 Å². The van der Waals surface area contributed by atoms with Crippen LogP contribution in [0.4, 0.5) is 0 Å². The molecule has 0 spiro atoms. The van der Waals surface area contributed by atoms with Gasteiger partial charge in [-0.25, -0.2) is 4.98 Å². The Kier molecular flexibility index (Phi) is 9.33. The van der Waals surface area contributed by atoms with E-state index in [-0.39, 0.29) is 5.91 Å². The number of hydrogen-bond donors (Lipinski definition) is 0. The van der Waals surface area contributed by atoms with Crippen molar-refractivity contribution < 1.29 is 9.53 Å². The fourth-order valence-corrected chi connectivity index (χ4v) is 6.65. The molecule has 2 aromatic carbocycles. The van der Waals surface area contributed by atoms with Gasteiger partial charge in [-0.15, -0.1) is 0 Å². The number of piperidine rings is 1. The van der Waals surface area contributed by atoms with Crippen molar-refractivity contribution in [2.45, 2.75) is 77.7 Å². The summed E-state index contributed by atoms with van der Waals surface area (Å²) in [4.78, 5) is 22.6. The number of rotatable bonds is 9. The van der Waals surface area contributed by atoms with Crippen molar-refractivity contribution in [1.29, 1.82) is 5.26 Å². The van der Waals surface area contributed by atoms with E-state index in [1.165, 1.54) is 31.6 Å². The van der Waals surface area contributed by atoms with E-state index in [9.17, 15) is 10.1 Å². The van der Waals surface area contributed by atoms with Crippen LogP contribution in [0, 0.1) is 24.2 Å². The highest BCUT2D eigenvalue weighted by Crippen LogP contribution is 2.39. The first kappa shape index (κ1) is 29.8. The molecule has 222 valence electrons. The molecule has 3 aromatic rings. The summed E-state index contributed by atoms with van der Waals surface area (Å²) in [6, 6.07) is 16.0. The fraction of sp³-hybridized carbons (Fsp3) is 0.514. The lowest BCUT2D eigenvalue weighted by Crippen LogP contribution is -2.43. The lowest BCUT2D eigenvalue weighted by molar-refractivity contribution is -0.135. The minimum atomic E-state index is -0.549. The summed E-state index contributed by atoms with van der Waals surface area (Å²) in [6.45, 7) is 11.4. The standard InChI is InChI=1S/C35H45N5O2/c1-5-35(16-6-7-17-38(4)34(35)41)30-9-8-10-32(22-30)42-33-21-28(11-12-29(33)23-36)25-40-27(3)37-24-31(40)15-20-39-18-13-26(2)14-19-39/h8-12,21-22,24,26H,5-7,13-20,25H2,1-4H3. The summed E-state index contributed by atoms with van der Waals surface area (Å²) < 4.78 is 8.67. The van der Waals surface area contributed by atoms with Gasteiger partial charge in [0.05, 0.1) is 11.0 Å². The van der Waals surface area contributed by atoms with Crippen molar-refractivity contribution in [3.05, 3.63) is 76.9 Å². The number of carbonyl (C=O) groups is 1. The lowest BCUT2D eigenvalue weighted by Gasteiger charge is -2.33. The molecule has 1 atom stereocenters. The van der Waals surface area contributed by atoms with E-state index in [1.54, 1.807) is 0 Å². The number of nitriles is 1. The Morgan fingerprint density at radius 1 is 1.12 bits per heavy atom. The molecule has 2 aliphatic heterocycles. The topological polar surface area (TPSA) is 74.4 Å². The highest BCUT2D eigenvalue weighted by Gasteiger charge is 2.41. The summed E-state index contributed by atoms with van der Waals surface area (Å²) in [5.41, 5.74) is 3.21. The molecular formula is C35H45N5O2. The average Bonchev–Trinajstić information content (AvgIpc) is 3.27. The maximum absolute atomic E-state index is 13.5. The van der Waals surface area contributed by atoms with Crippen molar-refractivity contribution in [2.24, 2.45) is 5.92 Å². The van der Waals surface area contributed by atoms with Gasteiger partial charge in [-0.2, -0.15) is 5.26 Å². The Bertz CT molecular complexity index is 1430. The lowest BCUT2D eigenvalue weighted by atomic mass is 9.73. The van der Waals surface area contributed by atoms with Crippen LogP contribution in [0.25, 0.3) is 0 Å². The maximum atomic E-state index is 13.5. The van der Waals surface area contributed by atoms with E-state index in [0.717, 1.165) is 68.1 Å². The van der Waals surface area contributed by atoms with E-state index in [0.29, 0.717) is 23.6 Å². The second-order valence-corrected chi connectivity index (χ2v) is 12.3. The summed E-state index contributed by atoms with van der Waals surface area (Å²) in [5, 5.41) is 9.88. The Labute approximate surface area is 251 Å². The minimum Gasteiger partial charge on any atom is -0.456 e. The number of imidazole rings is 1. The van der Waals surface area contributed by atoms with Crippen LogP contribution in [0.3, 0.4) is 0 Å². The van der Waals surface area contributed by atoms with Gasteiger partial charge < -0.3 is 19.1 Å². The third-order valence-corrected chi connectivity index (χ3v) is 9.53. The molecule has 1 unspecified atom stereocenters. The largest absolute Gasteiger partial charge is 0.456 e. The molecule has 0 bridgehead atoms. The summed E-state index contributed by atoms with van der Waals surface area (Å²) in [6.07, 6.45) is 9.14. The van der Waals surface area contributed by atoms with Gasteiger partial charge in [-0.05, 0) is 93.4 Å². The van der Waals surface area contributed by atoms with E-state index in [2.05, 4.69) is 41.3 Å². The third kappa shape index (κ3) is 6.39. The minimum absolute atomic E-state index is 0.181. The van der Waals surface area contributed by atoms with Gasteiger partial charge in [0.25, 0.3) is 0 Å². The number of benzene rings is 2. The normalized spacial score (nSPS) is 20.4. The van der Waals surface area contributed by atoms with Crippen molar-refractivity contribution in [3.63, 3.8) is 0 Å². The number of amides is 1. The van der Waals surface area contributed by atoms with Crippen molar-refractivity contribution >= 4 is 5.91 Å². The van der Waals surface area contributed by atoms with E-state index in [1.807, 2.05) is 60.6 Å². The smallest absolute Gasteiger partial charge is 0.232 e. The monoisotopic (exact) mass is 567 g/mol. The van der Waals surface area contributed by atoms with Crippen molar-refractivity contribution in [3.8, 4) is 17.6 Å². The molecule has 0 aliphatic carbocycles. The molecule has 1 aromatic heterocycles. The van der Waals surface area contributed by atoms with Gasteiger partial charge in [-0.3, -0.25) is 4.79 Å². The summed E-state index contributed by atoms with van der Waals surface area (Å²) in [5.74, 6) is 3.17. The quantitative estimate of drug-likeness (QED) is 0.296. The Hall–Kier alpha value is -3.63. The van der Waals surface area contributed by atoms with Gasteiger partial charge in [-0.1, -0.05) is 38.5 Å². The second-order valence-electron chi connectivity index (χ2n) is 12.3.